The van der Waals surface area contributed by atoms with Crippen LogP contribution in [0.25, 0.3) is 11.0 Å². The Kier molecular flexibility index (Phi) is 1.48. The number of aryl methyl sites for hydroxylation is 1. The Morgan fingerprint density at radius 1 is 1.62 bits per heavy atom. The summed E-state index contributed by atoms with van der Waals surface area (Å²) in [7, 11) is 0. The molecule has 0 aliphatic carbocycles. The summed E-state index contributed by atoms with van der Waals surface area (Å²) in [6.45, 7) is 1.81. The molecule has 0 bridgehead atoms. The molecule has 2 rings (SSSR count). The summed E-state index contributed by atoms with van der Waals surface area (Å²) in [5.74, 6) is 0. The standard InChI is InChI=1S/C7H6N4O2/c1-4-7-6(10-9-4)2-5(3-8-7)11(12)13/h2-3H,1H3,(H,9,10). The zero-order valence-electron chi connectivity index (χ0n) is 6.81. The second kappa shape index (κ2) is 2.51. The SMILES string of the molecule is Cc1[nH]nc2cc([N+](=O)[O-])cnc12. The highest BCUT2D eigenvalue weighted by molar-refractivity contribution is 5.78. The summed E-state index contributed by atoms with van der Waals surface area (Å²) >= 11 is 0. The smallest absolute Gasteiger partial charge is 0.280 e. The average molecular weight is 178 g/mol. The van der Waals surface area contributed by atoms with Crippen molar-refractivity contribution < 1.29 is 4.92 Å². The van der Waals surface area contributed by atoms with E-state index in [0.717, 1.165) is 5.69 Å². The number of pyridine rings is 1. The topological polar surface area (TPSA) is 84.7 Å². The number of hydrogen-bond acceptors (Lipinski definition) is 4. The molecular formula is C7H6N4O2. The number of nitro groups is 1. The molecule has 0 fully saturated rings. The van der Waals surface area contributed by atoms with Crippen LogP contribution in [0.1, 0.15) is 5.69 Å². The van der Waals surface area contributed by atoms with Crippen molar-refractivity contribution in [1.29, 1.82) is 0 Å². The lowest BCUT2D eigenvalue weighted by Crippen LogP contribution is -1.88. The molecule has 0 saturated heterocycles. The number of nitrogens with zero attached hydrogens (tertiary/aromatic N) is 3. The first-order valence-corrected chi connectivity index (χ1v) is 3.63. The molecule has 2 aromatic heterocycles. The van der Waals surface area contributed by atoms with Gasteiger partial charge in [-0.05, 0) is 6.92 Å². The first kappa shape index (κ1) is 7.66. The minimum absolute atomic E-state index is 0.0426. The van der Waals surface area contributed by atoms with Gasteiger partial charge in [-0.25, -0.2) is 4.98 Å². The van der Waals surface area contributed by atoms with Crippen molar-refractivity contribution in [2.24, 2.45) is 0 Å². The third kappa shape index (κ3) is 1.12. The lowest BCUT2D eigenvalue weighted by molar-refractivity contribution is -0.385. The van der Waals surface area contributed by atoms with Gasteiger partial charge < -0.3 is 0 Å². The third-order valence-corrected chi connectivity index (χ3v) is 1.76. The van der Waals surface area contributed by atoms with Gasteiger partial charge in [-0.3, -0.25) is 15.2 Å². The molecule has 6 heteroatoms. The highest BCUT2D eigenvalue weighted by atomic mass is 16.6. The zero-order chi connectivity index (χ0) is 9.42. The quantitative estimate of drug-likeness (QED) is 0.524. The highest BCUT2D eigenvalue weighted by Crippen LogP contribution is 2.17. The van der Waals surface area contributed by atoms with Crippen LogP contribution >= 0.6 is 0 Å². The highest BCUT2D eigenvalue weighted by Gasteiger charge is 2.09. The summed E-state index contributed by atoms with van der Waals surface area (Å²) < 4.78 is 0. The first-order valence-electron chi connectivity index (χ1n) is 3.63. The van der Waals surface area contributed by atoms with Crippen molar-refractivity contribution >= 4 is 16.7 Å². The molecule has 0 unspecified atom stereocenters. The minimum Gasteiger partial charge on any atom is -0.280 e. The van der Waals surface area contributed by atoms with Gasteiger partial charge in [0.05, 0.1) is 10.6 Å². The Morgan fingerprint density at radius 2 is 2.38 bits per heavy atom. The second-order valence-corrected chi connectivity index (χ2v) is 2.67. The molecule has 2 aromatic rings. The number of hydrogen-bond donors (Lipinski definition) is 1. The molecule has 6 nitrogen and oxygen atoms in total. The predicted molar refractivity (Wildman–Crippen MR) is 45.3 cm³/mol. The Morgan fingerprint density at radius 3 is 3.08 bits per heavy atom. The minimum atomic E-state index is -0.490. The van der Waals surface area contributed by atoms with Crippen LogP contribution in [0, 0.1) is 17.0 Å². The van der Waals surface area contributed by atoms with Crippen LogP contribution in [0.2, 0.25) is 0 Å². The van der Waals surface area contributed by atoms with Gasteiger partial charge in [0.2, 0.25) is 0 Å². The summed E-state index contributed by atoms with van der Waals surface area (Å²) in [5.41, 5.74) is 1.96. The molecule has 1 N–H and O–H groups in total. The average Bonchev–Trinajstić information content (AvgIpc) is 2.47. The van der Waals surface area contributed by atoms with Crippen molar-refractivity contribution in [3.8, 4) is 0 Å². The number of rotatable bonds is 1. The van der Waals surface area contributed by atoms with Crippen LogP contribution in [0.15, 0.2) is 12.3 Å². The number of fused-ring (bicyclic) bond motifs is 1. The Labute approximate surface area is 72.7 Å². The number of aromatic amines is 1. The largest absolute Gasteiger partial charge is 0.289 e. The summed E-state index contributed by atoms with van der Waals surface area (Å²) in [6, 6.07) is 1.39. The van der Waals surface area contributed by atoms with Crippen LogP contribution < -0.4 is 0 Å². The summed E-state index contributed by atoms with van der Waals surface area (Å²) in [6.07, 6.45) is 1.23. The maximum atomic E-state index is 10.4. The molecule has 0 aliphatic heterocycles. The third-order valence-electron chi connectivity index (χ3n) is 1.76. The maximum Gasteiger partial charge on any atom is 0.289 e. The van der Waals surface area contributed by atoms with E-state index in [0.29, 0.717) is 11.0 Å². The second-order valence-electron chi connectivity index (χ2n) is 2.67. The van der Waals surface area contributed by atoms with Crippen molar-refractivity contribution in [1.82, 2.24) is 15.2 Å². The van der Waals surface area contributed by atoms with E-state index in [1.165, 1.54) is 12.3 Å². The van der Waals surface area contributed by atoms with E-state index in [1.807, 2.05) is 6.92 Å². The van der Waals surface area contributed by atoms with Crippen molar-refractivity contribution in [2.45, 2.75) is 6.92 Å². The van der Waals surface area contributed by atoms with E-state index in [-0.39, 0.29) is 5.69 Å². The molecule has 66 valence electrons. The van der Waals surface area contributed by atoms with E-state index >= 15 is 0 Å². The van der Waals surface area contributed by atoms with Gasteiger partial charge in [-0.1, -0.05) is 0 Å². The molecule has 0 aromatic carbocycles. The van der Waals surface area contributed by atoms with Crippen LogP contribution in [-0.2, 0) is 0 Å². The van der Waals surface area contributed by atoms with Gasteiger partial charge in [-0.15, -0.1) is 0 Å². The Hall–Kier alpha value is -1.98. The summed E-state index contributed by atoms with van der Waals surface area (Å²) in [5, 5.41) is 17.0. The lowest BCUT2D eigenvalue weighted by atomic mass is 10.3. The van der Waals surface area contributed by atoms with E-state index < -0.39 is 4.92 Å². The maximum absolute atomic E-state index is 10.4. The molecule has 0 spiro atoms. The predicted octanol–water partition coefficient (Wildman–Crippen LogP) is 1.17. The Bertz CT molecular complexity index is 476. The fourth-order valence-corrected chi connectivity index (χ4v) is 1.11. The van der Waals surface area contributed by atoms with Gasteiger partial charge in [0.15, 0.2) is 0 Å². The van der Waals surface area contributed by atoms with Crippen LogP contribution in [0.5, 0.6) is 0 Å². The van der Waals surface area contributed by atoms with Crippen LogP contribution in [0.3, 0.4) is 0 Å². The van der Waals surface area contributed by atoms with Gasteiger partial charge in [0.25, 0.3) is 5.69 Å². The number of nitrogens with one attached hydrogen (secondary N) is 1. The lowest BCUT2D eigenvalue weighted by Gasteiger charge is -1.89. The van der Waals surface area contributed by atoms with Crippen molar-refractivity contribution in [3.63, 3.8) is 0 Å². The zero-order valence-corrected chi connectivity index (χ0v) is 6.81. The van der Waals surface area contributed by atoms with Gasteiger partial charge in [-0.2, -0.15) is 5.10 Å². The monoisotopic (exact) mass is 178 g/mol. The van der Waals surface area contributed by atoms with Gasteiger partial charge >= 0.3 is 0 Å². The van der Waals surface area contributed by atoms with Crippen LogP contribution in [0.4, 0.5) is 5.69 Å². The molecule has 0 saturated carbocycles. The Balaban J connectivity index is 2.70. The molecule has 2 heterocycles. The molecule has 0 atom stereocenters. The number of H-pyrrole nitrogens is 1. The molecule has 0 radical (unpaired) electrons. The molecule has 0 amide bonds. The number of aromatic nitrogens is 3. The van der Waals surface area contributed by atoms with Gasteiger partial charge in [0.1, 0.15) is 17.2 Å². The van der Waals surface area contributed by atoms with Gasteiger partial charge in [0, 0.05) is 6.07 Å². The fraction of sp³-hybridized carbons (Fsp3) is 0.143. The van der Waals surface area contributed by atoms with Crippen molar-refractivity contribution in [2.75, 3.05) is 0 Å². The van der Waals surface area contributed by atoms with E-state index in [1.54, 1.807) is 0 Å². The first-order chi connectivity index (χ1) is 6.18. The summed E-state index contributed by atoms with van der Waals surface area (Å²) in [4.78, 5) is 13.8. The normalized spacial score (nSPS) is 10.5. The van der Waals surface area contributed by atoms with E-state index in [4.69, 9.17) is 0 Å². The van der Waals surface area contributed by atoms with Crippen LogP contribution in [-0.4, -0.2) is 20.1 Å². The molecular weight excluding hydrogens is 172 g/mol. The molecule has 13 heavy (non-hydrogen) atoms. The van der Waals surface area contributed by atoms with E-state index in [2.05, 4.69) is 15.2 Å². The fourth-order valence-electron chi connectivity index (χ4n) is 1.11. The van der Waals surface area contributed by atoms with E-state index in [9.17, 15) is 10.1 Å². The molecule has 0 aliphatic rings. The van der Waals surface area contributed by atoms with Crippen molar-refractivity contribution in [3.05, 3.63) is 28.1 Å².